The molecular formula is C23H23N3O3S. The Kier molecular flexibility index (Phi) is 4.70. The van der Waals surface area contributed by atoms with Crippen LogP contribution in [-0.4, -0.2) is 46.8 Å². The topological polar surface area (TPSA) is 83.1 Å². The number of carbonyl (C=O) groups excluding carboxylic acids is 1. The molecule has 0 aliphatic carbocycles. The number of amides is 1. The molecule has 1 amide bonds. The molecule has 1 N–H and O–H groups in total. The Morgan fingerprint density at radius 3 is 2.17 bits per heavy atom. The summed E-state index contributed by atoms with van der Waals surface area (Å²) in [6.07, 6.45) is 2.66. The summed E-state index contributed by atoms with van der Waals surface area (Å²) in [5.74, 6) is -0.0901. The molecule has 0 radical (unpaired) electrons. The number of carbonyl (C=O) groups is 1. The highest BCUT2D eigenvalue weighted by Gasteiger charge is 2.47. The van der Waals surface area contributed by atoms with Crippen molar-refractivity contribution < 1.29 is 13.2 Å². The van der Waals surface area contributed by atoms with Crippen LogP contribution in [-0.2, 0) is 9.84 Å². The lowest BCUT2D eigenvalue weighted by molar-refractivity contribution is 0.0592. The van der Waals surface area contributed by atoms with Gasteiger partial charge < -0.3 is 4.90 Å². The van der Waals surface area contributed by atoms with Gasteiger partial charge in [-0.2, -0.15) is 5.10 Å². The number of hydrogen-bond donors (Lipinski definition) is 1. The summed E-state index contributed by atoms with van der Waals surface area (Å²) in [7, 11) is -3.39. The SMILES string of the molecule is O=C(c1cc(-c2ccccc2)n[nH]1)N1C2CCC1CC(S(=O)(=O)c1ccccc1)C2. The molecule has 2 aliphatic heterocycles. The molecule has 0 spiro atoms. The first kappa shape index (κ1) is 19.1. The number of aromatic nitrogens is 2. The van der Waals surface area contributed by atoms with E-state index in [1.165, 1.54) is 0 Å². The lowest BCUT2D eigenvalue weighted by atomic mass is 10.0. The quantitative estimate of drug-likeness (QED) is 0.696. The number of rotatable bonds is 4. The number of hydrogen-bond acceptors (Lipinski definition) is 4. The van der Waals surface area contributed by atoms with Crippen molar-refractivity contribution in [1.82, 2.24) is 15.1 Å². The van der Waals surface area contributed by atoms with Gasteiger partial charge in [-0.05, 0) is 43.9 Å². The molecule has 30 heavy (non-hydrogen) atoms. The van der Waals surface area contributed by atoms with Crippen molar-refractivity contribution in [2.75, 3.05) is 0 Å². The summed E-state index contributed by atoms with van der Waals surface area (Å²) < 4.78 is 26.2. The van der Waals surface area contributed by atoms with Crippen LogP contribution in [0.2, 0.25) is 0 Å². The summed E-state index contributed by atoms with van der Waals surface area (Å²) in [4.78, 5) is 15.5. The molecule has 1 aromatic heterocycles. The van der Waals surface area contributed by atoms with Crippen molar-refractivity contribution in [3.8, 4) is 11.3 Å². The number of fused-ring (bicyclic) bond motifs is 2. The molecule has 2 bridgehead atoms. The number of benzene rings is 2. The van der Waals surface area contributed by atoms with Gasteiger partial charge in [-0.15, -0.1) is 0 Å². The van der Waals surface area contributed by atoms with Gasteiger partial charge in [0, 0.05) is 17.6 Å². The maximum absolute atomic E-state index is 13.2. The second-order valence-corrected chi connectivity index (χ2v) is 10.3. The van der Waals surface area contributed by atoms with E-state index in [-0.39, 0.29) is 18.0 Å². The minimum atomic E-state index is -3.39. The monoisotopic (exact) mass is 421 g/mol. The molecule has 3 aromatic rings. The third-order valence-electron chi connectivity index (χ3n) is 6.31. The Balaban J connectivity index is 1.36. The number of sulfone groups is 1. The Bertz CT molecular complexity index is 1140. The van der Waals surface area contributed by atoms with Gasteiger partial charge in [-0.25, -0.2) is 8.42 Å². The third kappa shape index (κ3) is 3.23. The van der Waals surface area contributed by atoms with Gasteiger partial charge >= 0.3 is 0 Å². The van der Waals surface area contributed by atoms with E-state index in [0.717, 1.165) is 24.1 Å². The zero-order valence-corrected chi connectivity index (χ0v) is 17.3. The zero-order chi connectivity index (χ0) is 20.7. The predicted octanol–water partition coefficient (Wildman–Crippen LogP) is 3.69. The van der Waals surface area contributed by atoms with Crippen LogP contribution in [0.4, 0.5) is 0 Å². The van der Waals surface area contributed by atoms with E-state index >= 15 is 0 Å². The molecule has 3 heterocycles. The molecule has 2 aliphatic rings. The van der Waals surface area contributed by atoms with Crippen molar-refractivity contribution in [3.63, 3.8) is 0 Å². The average Bonchev–Trinajstić information content (AvgIpc) is 3.37. The summed E-state index contributed by atoms with van der Waals surface area (Å²) >= 11 is 0. The van der Waals surface area contributed by atoms with Gasteiger partial charge in [-0.3, -0.25) is 9.89 Å². The van der Waals surface area contributed by atoms with Gasteiger partial charge in [0.25, 0.3) is 5.91 Å². The highest BCUT2D eigenvalue weighted by molar-refractivity contribution is 7.92. The van der Waals surface area contributed by atoms with Gasteiger partial charge in [0.05, 0.1) is 15.8 Å². The van der Waals surface area contributed by atoms with Crippen LogP contribution >= 0.6 is 0 Å². The minimum absolute atomic E-state index is 0.0526. The van der Waals surface area contributed by atoms with Crippen LogP contribution in [0, 0.1) is 0 Å². The lowest BCUT2D eigenvalue weighted by Gasteiger charge is -2.38. The summed E-state index contributed by atoms with van der Waals surface area (Å²) in [6.45, 7) is 0. The summed E-state index contributed by atoms with van der Waals surface area (Å²) in [5.41, 5.74) is 2.13. The molecular weight excluding hydrogens is 398 g/mol. The second kappa shape index (κ2) is 7.40. The lowest BCUT2D eigenvalue weighted by Crippen LogP contribution is -2.49. The number of nitrogens with zero attached hydrogens (tertiary/aromatic N) is 2. The molecule has 2 unspecified atom stereocenters. The van der Waals surface area contributed by atoms with Gasteiger partial charge in [0.15, 0.2) is 9.84 Å². The van der Waals surface area contributed by atoms with E-state index in [0.29, 0.717) is 23.4 Å². The fourth-order valence-electron chi connectivity index (χ4n) is 4.84. The van der Waals surface area contributed by atoms with Gasteiger partial charge in [0.2, 0.25) is 0 Å². The molecule has 2 saturated heterocycles. The maximum Gasteiger partial charge on any atom is 0.272 e. The van der Waals surface area contributed by atoms with Crippen LogP contribution in [0.25, 0.3) is 11.3 Å². The molecule has 154 valence electrons. The molecule has 7 heteroatoms. The van der Waals surface area contributed by atoms with E-state index in [1.807, 2.05) is 41.3 Å². The van der Waals surface area contributed by atoms with Crippen LogP contribution in [0.5, 0.6) is 0 Å². The molecule has 2 aromatic carbocycles. The normalized spacial score (nSPS) is 23.5. The molecule has 5 rings (SSSR count). The minimum Gasteiger partial charge on any atom is -0.331 e. The smallest absolute Gasteiger partial charge is 0.272 e. The first-order valence-electron chi connectivity index (χ1n) is 10.3. The van der Waals surface area contributed by atoms with Crippen molar-refractivity contribution in [2.45, 2.75) is 47.9 Å². The van der Waals surface area contributed by atoms with Gasteiger partial charge in [0.1, 0.15) is 5.69 Å². The van der Waals surface area contributed by atoms with E-state index in [2.05, 4.69) is 10.2 Å². The highest BCUT2D eigenvalue weighted by atomic mass is 32.2. The fourth-order valence-corrected chi connectivity index (χ4v) is 6.71. The number of aromatic amines is 1. The zero-order valence-electron chi connectivity index (χ0n) is 16.4. The Morgan fingerprint density at radius 1 is 0.933 bits per heavy atom. The third-order valence-corrected chi connectivity index (χ3v) is 8.50. The van der Waals surface area contributed by atoms with Crippen molar-refractivity contribution >= 4 is 15.7 Å². The van der Waals surface area contributed by atoms with Crippen LogP contribution in [0.3, 0.4) is 0 Å². The van der Waals surface area contributed by atoms with Crippen LogP contribution in [0.15, 0.2) is 71.6 Å². The van der Waals surface area contributed by atoms with E-state index in [1.54, 1.807) is 30.3 Å². The van der Waals surface area contributed by atoms with Gasteiger partial charge in [-0.1, -0.05) is 48.5 Å². The second-order valence-electron chi connectivity index (χ2n) is 8.08. The van der Waals surface area contributed by atoms with Crippen molar-refractivity contribution in [3.05, 3.63) is 72.4 Å². The van der Waals surface area contributed by atoms with Crippen molar-refractivity contribution in [2.24, 2.45) is 0 Å². The first-order valence-corrected chi connectivity index (χ1v) is 11.8. The Morgan fingerprint density at radius 2 is 1.53 bits per heavy atom. The number of piperidine rings is 1. The van der Waals surface area contributed by atoms with Crippen LogP contribution < -0.4 is 0 Å². The Hall–Kier alpha value is -2.93. The maximum atomic E-state index is 13.2. The first-order chi connectivity index (χ1) is 14.5. The van der Waals surface area contributed by atoms with E-state index in [4.69, 9.17) is 0 Å². The molecule has 6 nitrogen and oxygen atoms in total. The van der Waals surface area contributed by atoms with Crippen LogP contribution in [0.1, 0.15) is 36.2 Å². The number of nitrogens with one attached hydrogen (secondary N) is 1. The van der Waals surface area contributed by atoms with E-state index < -0.39 is 15.1 Å². The molecule has 2 fully saturated rings. The molecule has 2 atom stereocenters. The fraction of sp³-hybridized carbons (Fsp3) is 0.304. The number of H-pyrrole nitrogens is 1. The predicted molar refractivity (Wildman–Crippen MR) is 114 cm³/mol. The Labute approximate surface area is 175 Å². The largest absolute Gasteiger partial charge is 0.331 e. The van der Waals surface area contributed by atoms with Crippen molar-refractivity contribution in [1.29, 1.82) is 0 Å². The van der Waals surface area contributed by atoms with E-state index in [9.17, 15) is 13.2 Å². The summed E-state index contributed by atoms with van der Waals surface area (Å²) in [6, 6.07) is 20.0. The molecule has 0 saturated carbocycles. The highest BCUT2D eigenvalue weighted by Crippen LogP contribution is 2.40. The summed E-state index contributed by atoms with van der Waals surface area (Å²) in [5, 5.41) is 6.73. The average molecular weight is 422 g/mol. The standard InChI is InChI=1S/C23H23N3O3S/c27-23(22-15-21(24-25-22)16-7-3-1-4-8-16)26-17-11-12-18(26)14-20(13-17)30(28,29)19-9-5-2-6-10-19/h1-10,15,17-18,20H,11-14H2,(H,24,25).